The lowest BCUT2D eigenvalue weighted by atomic mass is 9.73. The van der Waals surface area contributed by atoms with Crippen LogP contribution in [-0.2, 0) is 17.6 Å². The average molecular weight is 190 g/mol. The first-order valence-corrected chi connectivity index (χ1v) is 4.92. The smallest absolute Gasteiger partial charge is 0.309 e. The maximum Gasteiger partial charge on any atom is 0.309 e. The fourth-order valence-corrected chi connectivity index (χ4v) is 2.08. The molecule has 74 valence electrons. The Morgan fingerprint density at radius 2 is 2.00 bits per heavy atom. The van der Waals surface area contributed by atoms with Gasteiger partial charge in [-0.05, 0) is 37.3 Å². The van der Waals surface area contributed by atoms with E-state index in [0.29, 0.717) is 6.42 Å². The summed E-state index contributed by atoms with van der Waals surface area (Å²) in [7, 11) is 0. The third kappa shape index (κ3) is 1.41. The molecule has 1 aromatic rings. The van der Waals surface area contributed by atoms with Crippen LogP contribution in [0.3, 0.4) is 0 Å². The molecule has 0 saturated heterocycles. The second-order valence-corrected chi connectivity index (χ2v) is 4.31. The molecule has 2 heteroatoms. The molecule has 0 aliphatic heterocycles. The molecule has 1 aliphatic carbocycles. The molecule has 14 heavy (non-hydrogen) atoms. The summed E-state index contributed by atoms with van der Waals surface area (Å²) >= 11 is 0. The molecule has 0 aromatic heterocycles. The van der Waals surface area contributed by atoms with E-state index in [0.717, 1.165) is 12.8 Å². The van der Waals surface area contributed by atoms with Gasteiger partial charge in [0.15, 0.2) is 0 Å². The summed E-state index contributed by atoms with van der Waals surface area (Å²) in [6.45, 7) is 1.84. The highest BCUT2D eigenvalue weighted by Crippen LogP contribution is 2.35. The summed E-state index contributed by atoms with van der Waals surface area (Å²) in [6, 6.07) is 8.13. The Labute approximate surface area is 83.6 Å². The van der Waals surface area contributed by atoms with Crippen LogP contribution in [0, 0.1) is 5.41 Å². The Balaban J connectivity index is 2.34. The van der Waals surface area contributed by atoms with Crippen LogP contribution in [0.4, 0.5) is 0 Å². The van der Waals surface area contributed by atoms with Crippen LogP contribution < -0.4 is 0 Å². The van der Waals surface area contributed by atoms with Crippen LogP contribution in [0.1, 0.15) is 24.5 Å². The van der Waals surface area contributed by atoms with Crippen molar-refractivity contribution < 1.29 is 9.90 Å². The Bertz CT molecular complexity index is 370. The van der Waals surface area contributed by atoms with Gasteiger partial charge in [-0.3, -0.25) is 4.79 Å². The number of benzene rings is 1. The van der Waals surface area contributed by atoms with Crippen molar-refractivity contribution in [3.8, 4) is 0 Å². The minimum absolute atomic E-state index is 0.561. The number of aliphatic carboxylic acids is 1. The summed E-state index contributed by atoms with van der Waals surface area (Å²) in [4.78, 5) is 11.1. The molecule has 0 radical (unpaired) electrons. The number of carboxylic acid groups (broad SMARTS) is 1. The van der Waals surface area contributed by atoms with E-state index >= 15 is 0 Å². The maximum absolute atomic E-state index is 11.1. The van der Waals surface area contributed by atoms with E-state index < -0.39 is 11.4 Å². The Morgan fingerprint density at radius 1 is 1.36 bits per heavy atom. The van der Waals surface area contributed by atoms with E-state index in [4.69, 9.17) is 5.11 Å². The quantitative estimate of drug-likeness (QED) is 0.737. The predicted octanol–water partition coefficient (Wildman–Crippen LogP) is 2.27. The Kier molecular flexibility index (Phi) is 2.06. The minimum atomic E-state index is -0.674. The van der Waals surface area contributed by atoms with Crippen molar-refractivity contribution in [3.63, 3.8) is 0 Å². The molecule has 1 N–H and O–H groups in total. The number of rotatable bonds is 1. The molecule has 1 aromatic carbocycles. The second-order valence-electron chi connectivity index (χ2n) is 4.31. The second kappa shape index (κ2) is 3.12. The number of hydrogen-bond acceptors (Lipinski definition) is 1. The lowest BCUT2D eigenvalue weighted by Crippen LogP contribution is -2.33. The van der Waals surface area contributed by atoms with E-state index in [1.807, 2.05) is 25.1 Å². The standard InChI is InChI=1S/C12H14O2/c1-12(11(13)14)7-6-9-4-2-3-5-10(9)8-12/h2-5H,6-8H2,1H3,(H,13,14)/t12-/m0/s1. The van der Waals surface area contributed by atoms with Gasteiger partial charge in [-0.1, -0.05) is 24.3 Å². The monoisotopic (exact) mass is 190 g/mol. The third-order valence-corrected chi connectivity index (χ3v) is 3.16. The van der Waals surface area contributed by atoms with Gasteiger partial charge in [0.05, 0.1) is 5.41 Å². The molecule has 0 saturated carbocycles. The topological polar surface area (TPSA) is 37.3 Å². The molecule has 2 nitrogen and oxygen atoms in total. The first kappa shape index (κ1) is 9.25. The Morgan fingerprint density at radius 3 is 2.64 bits per heavy atom. The summed E-state index contributed by atoms with van der Waals surface area (Å²) in [6.07, 6.45) is 2.30. The maximum atomic E-state index is 11.1. The first-order valence-electron chi connectivity index (χ1n) is 4.92. The van der Waals surface area contributed by atoms with Gasteiger partial charge in [-0.25, -0.2) is 0 Å². The van der Waals surface area contributed by atoms with Crippen LogP contribution in [0.5, 0.6) is 0 Å². The highest BCUT2D eigenvalue weighted by atomic mass is 16.4. The van der Waals surface area contributed by atoms with Crippen molar-refractivity contribution >= 4 is 5.97 Å². The molecular weight excluding hydrogens is 176 g/mol. The predicted molar refractivity (Wildman–Crippen MR) is 54.2 cm³/mol. The summed E-state index contributed by atoms with van der Waals surface area (Å²) in [5, 5.41) is 9.12. The van der Waals surface area contributed by atoms with Crippen LogP contribution in [0.2, 0.25) is 0 Å². The van der Waals surface area contributed by atoms with Crippen molar-refractivity contribution in [2.45, 2.75) is 26.2 Å². The van der Waals surface area contributed by atoms with Gasteiger partial charge >= 0.3 is 5.97 Å². The van der Waals surface area contributed by atoms with E-state index in [-0.39, 0.29) is 0 Å². The SMILES string of the molecule is C[C@]1(C(=O)O)CCc2ccccc2C1. The molecule has 1 aliphatic rings. The van der Waals surface area contributed by atoms with Crippen LogP contribution in [0.25, 0.3) is 0 Å². The molecule has 0 heterocycles. The lowest BCUT2D eigenvalue weighted by molar-refractivity contribution is -0.148. The van der Waals surface area contributed by atoms with Crippen LogP contribution in [0.15, 0.2) is 24.3 Å². The molecule has 0 fully saturated rings. The zero-order chi connectivity index (χ0) is 10.2. The largest absolute Gasteiger partial charge is 0.481 e. The summed E-state index contributed by atoms with van der Waals surface area (Å²) in [5.41, 5.74) is 1.95. The number of carbonyl (C=O) groups is 1. The van der Waals surface area contributed by atoms with Gasteiger partial charge in [0.25, 0.3) is 0 Å². The van der Waals surface area contributed by atoms with Crippen LogP contribution >= 0.6 is 0 Å². The van der Waals surface area contributed by atoms with E-state index in [1.54, 1.807) is 0 Å². The highest BCUT2D eigenvalue weighted by molar-refractivity contribution is 5.75. The number of carboxylic acids is 1. The fraction of sp³-hybridized carbons (Fsp3) is 0.417. The molecule has 2 rings (SSSR count). The van der Waals surface area contributed by atoms with Gasteiger partial charge in [-0.15, -0.1) is 0 Å². The Hall–Kier alpha value is -1.31. The van der Waals surface area contributed by atoms with Crippen molar-refractivity contribution in [1.29, 1.82) is 0 Å². The van der Waals surface area contributed by atoms with Crippen molar-refractivity contribution in [2.75, 3.05) is 0 Å². The normalized spacial score (nSPS) is 25.5. The molecule has 0 amide bonds. The average Bonchev–Trinajstić information content (AvgIpc) is 2.17. The molecular formula is C12H14O2. The minimum Gasteiger partial charge on any atom is -0.481 e. The zero-order valence-corrected chi connectivity index (χ0v) is 8.29. The van der Waals surface area contributed by atoms with E-state index in [2.05, 4.69) is 6.07 Å². The van der Waals surface area contributed by atoms with Gasteiger partial charge in [0.2, 0.25) is 0 Å². The van der Waals surface area contributed by atoms with Crippen LogP contribution in [-0.4, -0.2) is 11.1 Å². The van der Waals surface area contributed by atoms with E-state index in [9.17, 15) is 4.79 Å². The lowest BCUT2D eigenvalue weighted by Gasteiger charge is -2.30. The molecule has 0 spiro atoms. The van der Waals surface area contributed by atoms with Crippen molar-refractivity contribution in [3.05, 3.63) is 35.4 Å². The van der Waals surface area contributed by atoms with Gasteiger partial charge in [0, 0.05) is 0 Å². The van der Waals surface area contributed by atoms with Gasteiger partial charge < -0.3 is 5.11 Å². The number of hydrogen-bond donors (Lipinski definition) is 1. The third-order valence-electron chi connectivity index (χ3n) is 3.16. The van der Waals surface area contributed by atoms with Crippen molar-refractivity contribution in [2.24, 2.45) is 5.41 Å². The molecule has 0 unspecified atom stereocenters. The first-order chi connectivity index (χ1) is 6.62. The molecule has 1 atom stereocenters. The van der Waals surface area contributed by atoms with Crippen molar-refractivity contribution in [1.82, 2.24) is 0 Å². The van der Waals surface area contributed by atoms with E-state index in [1.165, 1.54) is 11.1 Å². The summed E-state index contributed by atoms with van der Waals surface area (Å²) in [5.74, 6) is -0.674. The van der Waals surface area contributed by atoms with Gasteiger partial charge in [-0.2, -0.15) is 0 Å². The van der Waals surface area contributed by atoms with Gasteiger partial charge in [0.1, 0.15) is 0 Å². The highest BCUT2D eigenvalue weighted by Gasteiger charge is 2.36. The number of fused-ring (bicyclic) bond motifs is 1. The summed E-state index contributed by atoms with van der Waals surface area (Å²) < 4.78 is 0. The number of aryl methyl sites for hydroxylation is 1. The zero-order valence-electron chi connectivity index (χ0n) is 8.29. The fourth-order valence-electron chi connectivity index (χ4n) is 2.08. The molecule has 0 bridgehead atoms.